The van der Waals surface area contributed by atoms with Gasteiger partial charge in [-0.1, -0.05) is 41.9 Å². The van der Waals surface area contributed by atoms with E-state index in [4.69, 9.17) is 21.3 Å². The Morgan fingerprint density at radius 1 is 1.10 bits per heavy atom. The molecule has 1 aromatic heterocycles. The van der Waals surface area contributed by atoms with Gasteiger partial charge < -0.3 is 9.30 Å². The maximum absolute atomic E-state index is 6.12. The number of hydrogen-bond acceptors (Lipinski definition) is 2. The van der Waals surface area contributed by atoms with Crippen molar-refractivity contribution in [1.29, 1.82) is 0 Å². The van der Waals surface area contributed by atoms with Crippen LogP contribution in [0.3, 0.4) is 0 Å². The predicted octanol–water partition coefficient (Wildman–Crippen LogP) is 5.55. The van der Waals surface area contributed by atoms with E-state index in [0.29, 0.717) is 6.10 Å². The van der Waals surface area contributed by atoms with Gasteiger partial charge in [0.25, 0.3) is 0 Å². The Kier molecular flexibility index (Phi) is 3.84. The van der Waals surface area contributed by atoms with Crippen LogP contribution in [-0.4, -0.2) is 29.5 Å². The van der Waals surface area contributed by atoms with Crippen molar-refractivity contribution in [2.75, 3.05) is 13.2 Å². The van der Waals surface area contributed by atoms with E-state index in [1.165, 1.54) is 38.5 Å². The summed E-state index contributed by atoms with van der Waals surface area (Å²) in [6.07, 6.45) is 1.32. The minimum Gasteiger partial charge on any atom is -0.371 e. The van der Waals surface area contributed by atoms with Gasteiger partial charge in [0.15, 0.2) is 0 Å². The van der Waals surface area contributed by atoms with Gasteiger partial charge in [-0.05, 0) is 48.7 Å². The summed E-state index contributed by atoms with van der Waals surface area (Å²) in [4.78, 5) is 4.91. The summed E-state index contributed by atoms with van der Waals surface area (Å²) in [5, 5.41) is 3.36. The lowest BCUT2D eigenvalue weighted by atomic mass is 9.88. The van der Waals surface area contributed by atoms with Crippen LogP contribution < -0.4 is 0 Å². The van der Waals surface area contributed by atoms with E-state index >= 15 is 0 Å². The molecule has 3 heterocycles. The van der Waals surface area contributed by atoms with Crippen molar-refractivity contribution >= 4 is 39.1 Å². The lowest BCUT2D eigenvalue weighted by Crippen LogP contribution is -2.16. The van der Waals surface area contributed by atoms with Crippen LogP contribution in [0.5, 0.6) is 0 Å². The number of halogens is 1. The largest absolute Gasteiger partial charge is 0.371 e. The van der Waals surface area contributed by atoms with Gasteiger partial charge in [0, 0.05) is 39.0 Å². The maximum Gasteiger partial charge on any atom is 0.0988 e. The summed E-state index contributed by atoms with van der Waals surface area (Å²) in [6.45, 7) is 4.88. The Balaban J connectivity index is 1.64. The van der Waals surface area contributed by atoms with E-state index in [2.05, 4.69) is 54.0 Å². The molecule has 0 aliphatic carbocycles. The molecule has 0 spiro atoms. The highest BCUT2D eigenvalue weighted by molar-refractivity contribution is 6.30. The normalized spacial score (nSPS) is 18.1. The average Bonchev–Trinajstić information content (AvgIpc) is 3.51. The summed E-state index contributed by atoms with van der Waals surface area (Å²) in [7, 11) is 0. The van der Waals surface area contributed by atoms with Gasteiger partial charge in [-0.25, -0.2) is 0 Å². The van der Waals surface area contributed by atoms with Crippen LogP contribution in [0.1, 0.15) is 22.3 Å². The average molecular weight is 401 g/mol. The molecule has 3 nitrogen and oxygen atoms in total. The van der Waals surface area contributed by atoms with E-state index in [1.54, 1.807) is 0 Å². The Morgan fingerprint density at radius 3 is 2.69 bits per heavy atom. The molecule has 144 valence electrons. The van der Waals surface area contributed by atoms with E-state index in [1.807, 2.05) is 12.1 Å². The van der Waals surface area contributed by atoms with Crippen molar-refractivity contribution in [3.8, 4) is 0 Å². The molecule has 0 bridgehead atoms. The number of rotatable bonds is 3. The summed E-state index contributed by atoms with van der Waals surface area (Å²) < 4.78 is 8.03. The van der Waals surface area contributed by atoms with Crippen molar-refractivity contribution in [1.82, 2.24) is 4.57 Å². The van der Waals surface area contributed by atoms with Crippen molar-refractivity contribution in [3.63, 3.8) is 0 Å². The lowest BCUT2D eigenvalue weighted by molar-refractivity contribution is 0.387. The fourth-order valence-corrected chi connectivity index (χ4v) is 4.90. The van der Waals surface area contributed by atoms with E-state index < -0.39 is 0 Å². The number of para-hydroxylation sites is 1. The standard InChI is InChI=1S/C25H21ClN2O/c1-15-19-10-11-27-24(16-6-8-17(26)9-7-16)21(19)12-22-20-4-2-3-5-23(20)28(25(15)22)13-18-14-29-18/h2-9,12,18H,10-11,13-14H2,1H3/t18-/m1/s1. The number of nitrogens with zero attached hydrogens (tertiary/aromatic N) is 2. The predicted molar refractivity (Wildman–Crippen MR) is 120 cm³/mol. The van der Waals surface area contributed by atoms with Crippen LogP contribution >= 0.6 is 11.6 Å². The minimum absolute atomic E-state index is 0.343. The highest BCUT2D eigenvalue weighted by atomic mass is 35.5. The molecular weight excluding hydrogens is 380 g/mol. The second-order valence-corrected chi connectivity index (χ2v) is 8.43. The van der Waals surface area contributed by atoms with Crippen molar-refractivity contribution in [3.05, 3.63) is 81.9 Å². The van der Waals surface area contributed by atoms with Gasteiger partial charge in [-0.3, -0.25) is 4.99 Å². The van der Waals surface area contributed by atoms with E-state index in [0.717, 1.165) is 42.4 Å². The summed E-state index contributed by atoms with van der Waals surface area (Å²) in [5.74, 6) is 0. The maximum atomic E-state index is 6.12. The van der Waals surface area contributed by atoms with Crippen LogP contribution in [0.15, 0.2) is 59.6 Å². The number of aromatic nitrogens is 1. The number of hydrogen-bond donors (Lipinski definition) is 0. The fourth-order valence-electron chi connectivity index (χ4n) is 4.78. The molecule has 6 rings (SSSR count). The molecule has 1 atom stereocenters. The summed E-state index contributed by atoms with van der Waals surface area (Å²) >= 11 is 6.12. The third-order valence-electron chi connectivity index (χ3n) is 6.22. The first-order valence-electron chi connectivity index (χ1n) is 10.2. The first kappa shape index (κ1) is 17.3. The van der Waals surface area contributed by atoms with Gasteiger partial charge in [0.1, 0.15) is 0 Å². The molecular formula is C25H21ClN2O. The lowest BCUT2D eigenvalue weighted by Gasteiger charge is -2.21. The Hall–Kier alpha value is -2.62. The number of aliphatic imine (C=N–C) groups is 1. The molecule has 2 aliphatic rings. The van der Waals surface area contributed by atoms with Crippen molar-refractivity contribution < 1.29 is 4.74 Å². The highest BCUT2D eigenvalue weighted by Crippen LogP contribution is 2.37. The number of aryl methyl sites for hydroxylation is 1. The molecule has 4 heteroatoms. The molecule has 1 saturated heterocycles. The first-order chi connectivity index (χ1) is 14.2. The fraction of sp³-hybridized carbons (Fsp3) is 0.240. The monoisotopic (exact) mass is 400 g/mol. The van der Waals surface area contributed by atoms with Gasteiger partial charge >= 0.3 is 0 Å². The van der Waals surface area contributed by atoms with Crippen LogP contribution in [-0.2, 0) is 17.7 Å². The number of ether oxygens (including phenoxy) is 1. The molecule has 3 aromatic carbocycles. The zero-order valence-electron chi connectivity index (χ0n) is 16.3. The molecule has 0 saturated carbocycles. The molecule has 0 radical (unpaired) electrons. The zero-order chi connectivity index (χ0) is 19.5. The SMILES string of the molecule is Cc1c2c(cc3c4ccccc4n(C[C@@H]4CO4)c13)C(c1ccc(Cl)cc1)=NCC2. The Labute approximate surface area is 174 Å². The van der Waals surface area contributed by atoms with Crippen molar-refractivity contribution in [2.24, 2.45) is 4.99 Å². The quantitative estimate of drug-likeness (QED) is 0.415. The smallest absolute Gasteiger partial charge is 0.0988 e. The third-order valence-corrected chi connectivity index (χ3v) is 6.48. The molecule has 4 aromatic rings. The number of fused-ring (bicyclic) bond motifs is 4. The zero-order valence-corrected chi connectivity index (χ0v) is 17.0. The molecule has 29 heavy (non-hydrogen) atoms. The molecule has 0 N–H and O–H groups in total. The third kappa shape index (κ3) is 2.72. The van der Waals surface area contributed by atoms with Crippen LogP contribution in [0, 0.1) is 6.92 Å². The number of benzene rings is 3. The van der Waals surface area contributed by atoms with Crippen molar-refractivity contribution in [2.45, 2.75) is 26.0 Å². The topological polar surface area (TPSA) is 29.8 Å². The van der Waals surface area contributed by atoms with Gasteiger partial charge in [0.05, 0.1) is 30.5 Å². The molecule has 0 unspecified atom stereocenters. The Morgan fingerprint density at radius 2 is 1.90 bits per heavy atom. The first-order valence-corrected chi connectivity index (χ1v) is 10.5. The Bertz CT molecular complexity index is 1300. The van der Waals surface area contributed by atoms with Crippen LogP contribution in [0.4, 0.5) is 0 Å². The van der Waals surface area contributed by atoms with Gasteiger partial charge in [-0.2, -0.15) is 0 Å². The van der Waals surface area contributed by atoms with E-state index in [-0.39, 0.29) is 0 Å². The second-order valence-electron chi connectivity index (χ2n) is 7.99. The second kappa shape index (κ2) is 6.45. The minimum atomic E-state index is 0.343. The summed E-state index contributed by atoms with van der Waals surface area (Å²) in [6, 6.07) is 19.1. The highest BCUT2D eigenvalue weighted by Gasteiger charge is 2.27. The number of epoxide rings is 1. The summed E-state index contributed by atoms with van der Waals surface area (Å²) in [5.41, 5.74) is 8.88. The molecule has 1 fully saturated rings. The van der Waals surface area contributed by atoms with Gasteiger partial charge in [-0.15, -0.1) is 0 Å². The van der Waals surface area contributed by atoms with E-state index in [9.17, 15) is 0 Å². The molecule has 2 aliphatic heterocycles. The van der Waals surface area contributed by atoms with Gasteiger partial charge in [0.2, 0.25) is 0 Å². The van der Waals surface area contributed by atoms with Crippen LogP contribution in [0.25, 0.3) is 21.8 Å². The van der Waals surface area contributed by atoms with Crippen LogP contribution in [0.2, 0.25) is 5.02 Å². The molecule has 0 amide bonds.